The number of nitrogens with zero attached hydrogens (tertiary/aromatic N) is 2. The van der Waals surface area contributed by atoms with Crippen molar-refractivity contribution in [2.24, 2.45) is 5.73 Å². The maximum atomic E-state index is 13.8. The van der Waals surface area contributed by atoms with Crippen LogP contribution in [0.4, 0.5) is 10.1 Å². The third-order valence-corrected chi connectivity index (χ3v) is 4.17. The second-order valence-electron chi connectivity index (χ2n) is 5.31. The Bertz CT molecular complexity index is 505. The summed E-state index contributed by atoms with van der Waals surface area (Å²) in [6.45, 7) is 4.07. The lowest BCUT2D eigenvalue weighted by molar-refractivity contribution is 0.0996. The van der Waals surface area contributed by atoms with Crippen molar-refractivity contribution in [2.75, 3.05) is 31.1 Å². The van der Waals surface area contributed by atoms with E-state index in [1.807, 2.05) is 0 Å². The van der Waals surface area contributed by atoms with E-state index in [1.54, 1.807) is 6.07 Å². The van der Waals surface area contributed by atoms with Crippen molar-refractivity contribution < 1.29 is 9.18 Å². The smallest absolute Gasteiger partial charge is 0.251 e. The summed E-state index contributed by atoms with van der Waals surface area (Å²) in [5.41, 5.74) is 5.92. The Morgan fingerprint density at radius 2 is 2.16 bits per heavy atom. The third-order valence-electron chi connectivity index (χ3n) is 4.17. The van der Waals surface area contributed by atoms with Crippen LogP contribution in [0.2, 0.25) is 0 Å². The van der Waals surface area contributed by atoms with Crippen LogP contribution < -0.4 is 10.6 Å². The van der Waals surface area contributed by atoms with Gasteiger partial charge in [-0.1, -0.05) is 0 Å². The number of hydrogen-bond acceptors (Lipinski definition) is 3. The predicted molar refractivity (Wildman–Crippen MR) is 71.7 cm³/mol. The SMILES string of the molecule is NC(=O)c1ccc(N2CCN3CCC[C@@H]3C2)cc1F. The molecule has 0 unspecified atom stereocenters. The Balaban J connectivity index is 1.79. The van der Waals surface area contributed by atoms with Crippen molar-refractivity contribution >= 4 is 11.6 Å². The number of carbonyl (C=O) groups excluding carboxylic acids is 1. The second kappa shape index (κ2) is 4.81. The maximum Gasteiger partial charge on any atom is 0.251 e. The van der Waals surface area contributed by atoms with Crippen LogP contribution in [0.25, 0.3) is 0 Å². The van der Waals surface area contributed by atoms with E-state index < -0.39 is 11.7 Å². The molecule has 4 nitrogen and oxygen atoms in total. The van der Waals surface area contributed by atoms with E-state index in [0.717, 1.165) is 25.3 Å². The Labute approximate surface area is 112 Å². The first-order valence-electron chi connectivity index (χ1n) is 6.73. The highest BCUT2D eigenvalue weighted by Gasteiger charge is 2.30. The largest absolute Gasteiger partial charge is 0.369 e. The van der Waals surface area contributed by atoms with Gasteiger partial charge in [0.15, 0.2) is 0 Å². The van der Waals surface area contributed by atoms with Crippen molar-refractivity contribution in [2.45, 2.75) is 18.9 Å². The van der Waals surface area contributed by atoms with Gasteiger partial charge in [-0.2, -0.15) is 0 Å². The van der Waals surface area contributed by atoms with E-state index in [2.05, 4.69) is 9.80 Å². The van der Waals surface area contributed by atoms with E-state index in [4.69, 9.17) is 5.73 Å². The number of hydrogen-bond donors (Lipinski definition) is 1. The maximum absolute atomic E-state index is 13.8. The van der Waals surface area contributed by atoms with Crippen LogP contribution in [-0.4, -0.2) is 43.0 Å². The molecule has 2 saturated heterocycles. The zero-order chi connectivity index (χ0) is 13.4. The molecule has 5 heteroatoms. The van der Waals surface area contributed by atoms with Crippen molar-refractivity contribution in [1.29, 1.82) is 0 Å². The van der Waals surface area contributed by atoms with Gasteiger partial charge in [-0.05, 0) is 37.6 Å². The van der Waals surface area contributed by atoms with Gasteiger partial charge in [0, 0.05) is 31.4 Å². The zero-order valence-corrected chi connectivity index (χ0v) is 10.8. The van der Waals surface area contributed by atoms with Gasteiger partial charge in [0.05, 0.1) is 5.56 Å². The summed E-state index contributed by atoms with van der Waals surface area (Å²) < 4.78 is 13.8. The van der Waals surface area contributed by atoms with Crippen LogP contribution in [0.5, 0.6) is 0 Å². The molecule has 0 spiro atoms. The summed E-state index contributed by atoms with van der Waals surface area (Å²) in [6, 6.07) is 5.28. The number of primary amides is 1. The molecule has 2 aliphatic rings. The average molecular weight is 263 g/mol. The normalized spacial score (nSPS) is 23.4. The van der Waals surface area contributed by atoms with Gasteiger partial charge in [-0.25, -0.2) is 4.39 Å². The summed E-state index contributed by atoms with van der Waals surface area (Å²) in [5, 5.41) is 0. The number of anilines is 1. The van der Waals surface area contributed by atoms with Gasteiger partial charge in [0.1, 0.15) is 5.82 Å². The highest BCUT2D eigenvalue weighted by atomic mass is 19.1. The van der Waals surface area contributed by atoms with Crippen LogP contribution in [0, 0.1) is 5.82 Å². The number of rotatable bonds is 2. The van der Waals surface area contributed by atoms with Crippen LogP contribution in [-0.2, 0) is 0 Å². The van der Waals surface area contributed by atoms with Crippen molar-refractivity contribution in [1.82, 2.24) is 4.90 Å². The van der Waals surface area contributed by atoms with E-state index in [9.17, 15) is 9.18 Å². The standard InChI is InChI=1S/C14H18FN3O/c15-13-8-10(3-4-12(13)14(16)19)18-7-6-17-5-1-2-11(17)9-18/h3-4,8,11H,1-2,5-7,9H2,(H2,16,19)/t11-/m1/s1. The quantitative estimate of drug-likeness (QED) is 0.872. The van der Waals surface area contributed by atoms with E-state index in [-0.39, 0.29) is 5.56 Å². The number of benzene rings is 1. The van der Waals surface area contributed by atoms with Gasteiger partial charge in [-0.15, -0.1) is 0 Å². The molecule has 1 amide bonds. The van der Waals surface area contributed by atoms with Gasteiger partial charge < -0.3 is 10.6 Å². The lowest BCUT2D eigenvalue weighted by Gasteiger charge is -2.38. The summed E-state index contributed by atoms with van der Waals surface area (Å²) in [5.74, 6) is -1.25. The van der Waals surface area contributed by atoms with Gasteiger partial charge in [0.25, 0.3) is 5.91 Å². The molecule has 0 saturated carbocycles. The molecule has 0 aliphatic carbocycles. The number of amides is 1. The molecule has 1 atom stereocenters. The number of fused-ring (bicyclic) bond motifs is 1. The number of carbonyl (C=O) groups is 1. The fourth-order valence-electron chi connectivity index (χ4n) is 3.13. The number of piperazine rings is 1. The average Bonchev–Trinajstić information content (AvgIpc) is 2.85. The Morgan fingerprint density at radius 1 is 1.32 bits per heavy atom. The Kier molecular flexibility index (Phi) is 3.14. The third kappa shape index (κ3) is 2.30. The monoisotopic (exact) mass is 263 g/mol. The molecule has 3 rings (SSSR count). The Morgan fingerprint density at radius 3 is 2.89 bits per heavy atom. The van der Waals surface area contributed by atoms with E-state index in [0.29, 0.717) is 6.04 Å². The molecule has 2 fully saturated rings. The lowest BCUT2D eigenvalue weighted by atomic mass is 10.1. The molecule has 2 heterocycles. The first kappa shape index (κ1) is 12.4. The van der Waals surface area contributed by atoms with Crippen molar-refractivity contribution in [3.8, 4) is 0 Å². The summed E-state index contributed by atoms with van der Waals surface area (Å²) in [4.78, 5) is 15.7. The van der Waals surface area contributed by atoms with Crippen LogP contribution >= 0.6 is 0 Å². The number of halogens is 1. The molecule has 0 bridgehead atoms. The molecular formula is C14H18FN3O. The highest BCUT2D eigenvalue weighted by molar-refractivity contribution is 5.93. The molecule has 0 aromatic heterocycles. The van der Waals surface area contributed by atoms with Gasteiger partial charge >= 0.3 is 0 Å². The van der Waals surface area contributed by atoms with E-state index >= 15 is 0 Å². The Hall–Kier alpha value is -1.62. The summed E-state index contributed by atoms with van der Waals surface area (Å²) >= 11 is 0. The fourth-order valence-corrected chi connectivity index (χ4v) is 3.13. The molecule has 19 heavy (non-hydrogen) atoms. The number of nitrogens with two attached hydrogens (primary N) is 1. The van der Waals surface area contributed by atoms with Crippen LogP contribution in [0.1, 0.15) is 23.2 Å². The molecule has 102 valence electrons. The van der Waals surface area contributed by atoms with Crippen LogP contribution in [0.15, 0.2) is 18.2 Å². The first-order chi connectivity index (χ1) is 9.15. The summed E-state index contributed by atoms with van der Waals surface area (Å²) in [7, 11) is 0. The summed E-state index contributed by atoms with van der Waals surface area (Å²) in [6.07, 6.45) is 2.48. The molecule has 0 radical (unpaired) electrons. The minimum Gasteiger partial charge on any atom is -0.369 e. The first-order valence-corrected chi connectivity index (χ1v) is 6.73. The topological polar surface area (TPSA) is 49.6 Å². The molecule has 2 aliphatic heterocycles. The highest BCUT2D eigenvalue weighted by Crippen LogP contribution is 2.26. The van der Waals surface area contributed by atoms with E-state index in [1.165, 1.54) is 31.5 Å². The van der Waals surface area contributed by atoms with Crippen molar-refractivity contribution in [3.05, 3.63) is 29.6 Å². The van der Waals surface area contributed by atoms with Gasteiger partial charge in [0.2, 0.25) is 0 Å². The fraction of sp³-hybridized carbons (Fsp3) is 0.500. The van der Waals surface area contributed by atoms with Crippen molar-refractivity contribution in [3.63, 3.8) is 0 Å². The lowest BCUT2D eigenvalue weighted by Crippen LogP contribution is -2.50. The molecule has 2 N–H and O–H groups in total. The minimum atomic E-state index is -0.718. The predicted octanol–water partition coefficient (Wildman–Crippen LogP) is 1.21. The molecular weight excluding hydrogens is 245 g/mol. The second-order valence-corrected chi connectivity index (χ2v) is 5.31. The molecule has 1 aromatic carbocycles. The molecule has 1 aromatic rings. The van der Waals surface area contributed by atoms with Gasteiger partial charge in [-0.3, -0.25) is 9.69 Å². The minimum absolute atomic E-state index is 0.0387. The zero-order valence-electron chi connectivity index (χ0n) is 10.8. The van der Waals surface area contributed by atoms with Crippen LogP contribution in [0.3, 0.4) is 0 Å².